The van der Waals surface area contributed by atoms with Gasteiger partial charge in [-0.25, -0.2) is 0 Å². The normalized spacial score (nSPS) is 30.3. The molecule has 1 spiro atoms. The zero-order valence-electron chi connectivity index (χ0n) is 26.8. The van der Waals surface area contributed by atoms with Gasteiger partial charge < -0.3 is 24.5 Å². The van der Waals surface area contributed by atoms with E-state index in [-0.39, 0.29) is 36.3 Å². The lowest BCUT2D eigenvalue weighted by Crippen LogP contribution is -2.60. The molecular weight excluding hydrogens is 554 g/mol. The molecule has 4 aliphatic rings. The van der Waals surface area contributed by atoms with Crippen LogP contribution >= 0.6 is 0 Å². The third-order valence-corrected chi connectivity index (χ3v) is 10.6. The Labute approximate surface area is 263 Å². The zero-order chi connectivity index (χ0) is 31.6. The first-order chi connectivity index (χ1) is 21.1. The minimum Gasteiger partial charge on any atom is -0.394 e. The van der Waals surface area contributed by atoms with Crippen LogP contribution in [-0.2, 0) is 25.7 Å². The number of aliphatic hydroxyl groups is 1. The molecule has 3 amide bonds. The van der Waals surface area contributed by atoms with Crippen molar-refractivity contribution in [3.05, 3.63) is 61.2 Å². The van der Waals surface area contributed by atoms with Crippen molar-refractivity contribution in [1.82, 2.24) is 14.7 Å². The van der Waals surface area contributed by atoms with Crippen molar-refractivity contribution >= 4 is 17.7 Å². The number of fused-ring (bicyclic) bond motifs is 1. The summed E-state index contributed by atoms with van der Waals surface area (Å²) in [5.41, 5.74) is -1.02. The summed E-state index contributed by atoms with van der Waals surface area (Å²) in [6, 6.07) is 8.42. The second kappa shape index (κ2) is 13.2. The van der Waals surface area contributed by atoms with Crippen molar-refractivity contribution in [2.45, 2.75) is 108 Å². The molecule has 1 aromatic carbocycles. The van der Waals surface area contributed by atoms with E-state index in [9.17, 15) is 19.5 Å². The molecular formula is C36H51N3O5. The number of amides is 3. The Hall–Kier alpha value is -2.97. The maximum atomic E-state index is 14.9. The molecule has 4 fully saturated rings. The second-order valence-electron chi connectivity index (χ2n) is 14.0. The number of ether oxygens (including phenoxy) is 1. The lowest BCUT2D eigenvalue weighted by Gasteiger charge is -2.42. The average molecular weight is 606 g/mol. The fraction of sp³-hybridized carbons (Fsp3) is 0.639. The summed E-state index contributed by atoms with van der Waals surface area (Å²) < 4.78 is 6.94. The Bertz CT molecular complexity index is 1230. The van der Waals surface area contributed by atoms with Gasteiger partial charge in [0.25, 0.3) is 0 Å². The minimum absolute atomic E-state index is 0.0694. The monoisotopic (exact) mass is 605 g/mol. The molecule has 3 aliphatic heterocycles. The van der Waals surface area contributed by atoms with E-state index >= 15 is 0 Å². The summed E-state index contributed by atoms with van der Waals surface area (Å²) in [6.07, 6.45) is 10.2. The highest BCUT2D eigenvalue weighted by molar-refractivity contribution is 5.99. The van der Waals surface area contributed by atoms with Gasteiger partial charge in [-0.3, -0.25) is 14.4 Å². The number of hydrogen-bond donors (Lipinski definition) is 1. The van der Waals surface area contributed by atoms with Crippen molar-refractivity contribution in [1.29, 1.82) is 0 Å². The van der Waals surface area contributed by atoms with Crippen LogP contribution in [-0.4, -0.2) is 86.6 Å². The molecule has 0 radical (unpaired) electrons. The highest BCUT2D eigenvalue weighted by Gasteiger charge is 2.79. The number of aliphatic hydroxyl groups excluding tert-OH is 1. The molecule has 3 heterocycles. The van der Waals surface area contributed by atoms with E-state index < -0.39 is 35.1 Å². The minimum atomic E-state index is -1.13. The van der Waals surface area contributed by atoms with Crippen LogP contribution in [0.2, 0.25) is 0 Å². The summed E-state index contributed by atoms with van der Waals surface area (Å²) >= 11 is 0. The molecule has 1 saturated carbocycles. The number of hydrogen-bond acceptors (Lipinski definition) is 5. The predicted molar refractivity (Wildman–Crippen MR) is 170 cm³/mol. The molecule has 1 aromatic rings. The number of likely N-dealkylation sites (tertiary alicyclic amines) is 1. The van der Waals surface area contributed by atoms with E-state index in [1.54, 1.807) is 22.0 Å². The SMILES string of the molecule is C=CCN(Cc1ccccc1)C(=O)[C@H]1[C@H]2C(=O)N([C@@H](CO)CC(C)C)C(C(=O)N(CC=C)C3CCCCC3)C23CC[C@]1(C)O3. The summed E-state index contributed by atoms with van der Waals surface area (Å²) in [6.45, 7) is 14.8. The van der Waals surface area contributed by atoms with Crippen LogP contribution in [0.15, 0.2) is 55.6 Å². The first kappa shape index (κ1) is 32.4. The maximum Gasteiger partial charge on any atom is 0.248 e. The molecule has 2 bridgehead atoms. The molecule has 2 unspecified atom stereocenters. The van der Waals surface area contributed by atoms with Crippen LogP contribution < -0.4 is 0 Å². The third kappa shape index (κ3) is 5.64. The van der Waals surface area contributed by atoms with Crippen molar-refractivity contribution in [2.75, 3.05) is 19.7 Å². The molecule has 6 atom stereocenters. The fourth-order valence-electron chi connectivity index (χ4n) is 8.73. The van der Waals surface area contributed by atoms with Gasteiger partial charge in [-0.05, 0) is 50.5 Å². The number of nitrogens with zero attached hydrogens (tertiary/aromatic N) is 3. The van der Waals surface area contributed by atoms with Crippen molar-refractivity contribution in [3.8, 4) is 0 Å². The maximum absolute atomic E-state index is 14.9. The van der Waals surface area contributed by atoms with Gasteiger partial charge in [-0.15, -0.1) is 13.2 Å². The Morgan fingerprint density at radius 2 is 1.75 bits per heavy atom. The van der Waals surface area contributed by atoms with Crippen LogP contribution in [0.5, 0.6) is 0 Å². The summed E-state index contributed by atoms with van der Waals surface area (Å²) in [4.78, 5) is 49.6. The van der Waals surface area contributed by atoms with Crippen LogP contribution in [0.1, 0.15) is 77.7 Å². The van der Waals surface area contributed by atoms with E-state index in [0.717, 1.165) is 37.7 Å². The standard InChI is InChI=1S/C36H51N3O5/c1-6-20-37(23-26-14-10-8-11-15-26)32(41)29-30-33(42)39(28(24-40)22-25(3)4)31(36(30)19-18-35(29,5)44-36)34(43)38(21-7-2)27-16-12-9-13-17-27/h6-8,10-11,14-15,25,27-31,40H,1-2,9,12-13,16-24H2,3-5H3/t28-,29-,30+,31?,35+,36?/m1/s1. The molecule has 1 N–H and O–H groups in total. The molecule has 0 aromatic heterocycles. The Morgan fingerprint density at radius 1 is 1.07 bits per heavy atom. The quantitative estimate of drug-likeness (QED) is 0.329. The van der Waals surface area contributed by atoms with Gasteiger partial charge >= 0.3 is 0 Å². The number of benzene rings is 1. The summed E-state index contributed by atoms with van der Waals surface area (Å²) in [7, 11) is 0. The van der Waals surface area contributed by atoms with Crippen LogP contribution in [0.25, 0.3) is 0 Å². The average Bonchev–Trinajstić information content (AvgIpc) is 3.59. The van der Waals surface area contributed by atoms with Crippen molar-refractivity contribution < 1.29 is 24.2 Å². The Balaban J connectivity index is 1.57. The lowest BCUT2D eigenvalue weighted by atomic mass is 9.66. The Morgan fingerprint density at radius 3 is 2.36 bits per heavy atom. The highest BCUT2D eigenvalue weighted by Crippen LogP contribution is 2.64. The number of carbonyl (C=O) groups is 3. The van der Waals surface area contributed by atoms with Crippen LogP contribution in [0.4, 0.5) is 0 Å². The van der Waals surface area contributed by atoms with Gasteiger partial charge in [0.1, 0.15) is 11.6 Å². The first-order valence-electron chi connectivity index (χ1n) is 16.6. The molecule has 5 rings (SSSR count). The van der Waals surface area contributed by atoms with Gasteiger partial charge in [0.05, 0.1) is 30.1 Å². The van der Waals surface area contributed by atoms with Gasteiger partial charge in [0.15, 0.2) is 0 Å². The topological polar surface area (TPSA) is 90.4 Å². The Kier molecular flexibility index (Phi) is 9.71. The van der Waals surface area contributed by atoms with Gasteiger partial charge in [-0.2, -0.15) is 0 Å². The van der Waals surface area contributed by atoms with Gasteiger partial charge in [-0.1, -0.05) is 75.6 Å². The summed E-state index contributed by atoms with van der Waals surface area (Å²) in [5.74, 6) is -1.89. The number of carbonyl (C=O) groups excluding carboxylic acids is 3. The third-order valence-electron chi connectivity index (χ3n) is 10.6. The lowest BCUT2D eigenvalue weighted by molar-refractivity contribution is -0.158. The number of rotatable bonds is 13. The van der Waals surface area contributed by atoms with Crippen LogP contribution in [0.3, 0.4) is 0 Å². The van der Waals surface area contributed by atoms with Crippen LogP contribution in [0, 0.1) is 17.8 Å². The molecule has 1 aliphatic carbocycles. The molecule has 8 nitrogen and oxygen atoms in total. The van der Waals surface area contributed by atoms with E-state index in [1.807, 2.05) is 42.2 Å². The molecule has 44 heavy (non-hydrogen) atoms. The van der Waals surface area contributed by atoms with E-state index in [4.69, 9.17) is 4.74 Å². The van der Waals surface area contributed by atoms with E-state index in [1.165, 1.54) is 0 Å². The van der Waals surface area contributed by atoms with E-state index in [2.05, 4.69) is 27.0 Å². The fourth-order valence-corrected chi connectivity index (χ4v) is 8.73. The van der Waals surface area contributed by atoms with E-state index in [0.29, 0.717) is 38.9 Å². The zero-order valence-corrected chi connectivity index (χ0v) is 26.8. The predicted octanol–water partition coefficient (Wildman–Crippen LogP) is 4.72. The highest BCUT2D eigenvalue weighted by atomic mass is 16.5. The molecule has 8 heteroatoms. The molecule has 3 saturated heterocycles. The second-order valence-corrected chi connectivity index (χ2v) is 14.0. The smallest absolute Gasteiger partial charge is 0.248 e. The van der Waals surface area contributed by atoms with Gasteiger partial charge in [0.2, 0.25) is 17.7 Å². The van der Waals surface area contributed by atoms with Crippen molar-refractivity contribution in [2.24, 2.45) is 17.8 Å². The van der Waals surface area contributed by atoms with Crippen molar-refractivity contribution in [3.63, 3.8) is 0 Å². The molecule has 240 valence electrons. The largest absolute Gasteiger partial charge is 0.394 e. The van der Waals surface area contributed by atoms with Gasteiger partial charge in [0, 0.05) is 25.7 Å². The summed E-state index contributed by atoms with van der Waals surface area (Å²) in [5, 5.41) is 10.7. The first-order valence-corrected chi connectivity index (χ1v) is 16.6.